The first-order chi connectivity index (χ1) is 13.4. The summed E-state index contributed by atoms with van der Waals surface area (Å²) in [5.74, 6) is -0.636. The normalized spacial score (nSPS) is 16.1. The minimum Gasteiger partial charge on any atom is -0.433 e. The van der Waals surface area contributed by atoms with Gasteiger partial charge in [0.25, 0.3) is 0 Å². The van der Waals surface area contributed by atoms with Gasteiger partial charge in [-0.15, -0.1) is 0 Å². The molecule has 2 aromatic rings. The van der Waals surface area contributed by atoms with Crippen LogP contribution in [0, 0.1) is 5.82 Å². The highest BCUT2D eigenvalue weighted by Crippen LogP contribution is 2.26. The summed E-state index contributed by atoms with van der Waals surface area (Å²) in [5, 5.41) is 2.67. The molecule has 1 N–H and O–H groups in total. The van der Waals surface area contributed by atoms with Gasteiger partial charge in [0.2, 0.25) is 5.91 Å². The lowest BCUT2D eigenvalue weighted by Crippen LogP contribution is -2.52. The number of para-hydroxylation sites is 2. The zero-order valence-electron chi connectivity index (χ0n) is 15.4. The molecule has 1 saturated heterocycles. The molecule has 1 atom stereocenters. The summed E-state index contributed by atoms with van der Waals surface area (Å²) >= 11 is 0. The predicted molar refractivity (Wildman–Crippen MR) is 101 cm³/mol. The lowest BCUT2D eigenvalue weighted by molar-refractivity contribution is -0.120. The molecule has 150 valence electrons. The highest BCUT2D eigenvalue weighted by molar-refractivity contribution is 5.95. The molecule has 8 heteroatoms. The number of carbonyl (C=O) groups excluding carboxylic acids is 1. The third-order valence-corrected chi connectivity index (χ3v) is 4.79. The third kappa shape index (κ3) is 4.95. The summed E-state index contributed by atoms with van der Waals surface area (Å²) in [6.45, 7) is 1.53. The smallest absolute Gasteiger partial charge is 0.387 e. The second-order valence-corrected chi connectivity index (χ2v) is 6.54. The van der Waals surface area contributed by atoms with Crippen molar-refractivity contribution in [1.82, 2.24) is 4.90 Å². The van der Waals surface area contributed by atoms with E-state index in [0.717, 1.165) is 5.69 Å². The van der Waals surface area contributed by atoms with E-state index in [1.54, 1.807) is 31.2 Å². The average Bonchev–Trinajstić information content (AvgIpc) is 2.69. The van der Waals surface area contributed by atoms with Crippen LogP contribution in [-0.2, 0) is 4.79 Å². The molecular formula is C20H22F3N3O2. The number of ether oxygens (including phenoxy) is 1. The Labute approximate surface area is 161 Å². The van der Waals surface area contributed by atoms with E-state index < -0.39 is 12.7 Å². The van der Waals surface area contributed by atoms with Crippen molar-refractivity contribution >= 4 is 17.3 Å². The number of hydrogen-bond acceptors (Lipinski definition) is 4. The molecule has 1 fully saturated rings. The fourth-order valence-corrected chi connectivity index (χ4v) is 3.19. The van der Waals surface area contributed by atoms with E-state index in [9.17, 15) is 18.0 Å². The molecule has 0 spiro atoms. The zero-order chi connectivity index (χ0) is 20.1. The molecule has 28 heavy (non-hydrogen) atoms. The van der Waals surface area contributed by atoms with Crippen LogP contribution in [0.25, 0.3) is 0 Å². The number of nitrogens with zero attached hydrogens (tertiary/aromatic N) is 2. The van der Waals surface area contributed by atoms with Crippen LogP contribution in [0.1, 0.15) is 6.92 Å². The first kappa shape index (κ1) is 20.0. The van der Waals surface area contributed by atoms with Gasteiger partial charge in [-0.25, -0.2) is 4.39 Å². The second kappa shape index (κ2) is 8.97. The van der Waals surface area contributed by atoms with Gasteiger partial charge in [-0.1, -0.05) is 12.1 Å². The van der Waals surface area contributed by atoms with Crippen molar-refractivity contribution in [2.45, 2.75) is 19.6 Å². The lowest BCUT2D eigenvalue weighted by Gasteiger charge is -2.38. The van der Waals surface area contributed by atoms with Crippen molar-refractivity contribution < 1.29 is 22.7 Å². The van der Waals surface area contributed by atoms with Gasteiger partial charge < -0.3 is 15.0 Å². The predicted octanol–water partition coefficient (Wildman–Crippen LogP) is 3.58. The number of alkyl halides is 2. The standard InChI is InChI=1S/C20H22F3N3O2/c1-14(19(27)24-17-4-2-3-5-18(17)28-20(22)23)25-10-12-26(13-11-25)16-8-6-15(21)7-9-16/h2-9,14,20H,10-13H2,1H3,(H,24,27)/t14-/m1/s1. The monoisotopic (exact) mass is 393 g/mol. The van der Waals surface area contributed by atoms with Crippen LogP contribution in [0.4, 0.5) is 24.5 Å². The Hall–Kier alpha value is -2.74. The molecule has 5 nitrogen and oxygen atoms in total. The summed E-state index contributed by atoms with van der Waals surface area (Å²) in [6, 6.07) is 12.0. The summed E-state index contributed by atoms with van der Waals surface area (Å²) in [4.78, 5) is 16.7. The number of piperazine rings is 1. The topological polar surface area (TPSA) is 44.8 Å². The highest BCUT2D eigenvalue weighted by atomic mass is 19.3. The number of anilines is 2. The van der Waals surface area contributed by atoms with Crippen LogP contribution in [-0.4, -0.2) is 49.6 Å². The Bertz CT molecular complexity index is 794. The number of carbonyl (C=O) groups is 1. The SMILES string of the molecule is C[C@H](C(=O)Nc1ccccc1OC(F)F)N1CCN(c2ccc(F)cc2)CC1. The summed E-state index contributed by atoms with van der Waals surface area (Å²) < 4.78 is 42.5. The number of hydrogen-bond donors (Lipinski definition) is 1. The van der Waals surface area contributed by atoms with Crippen LogP contribution < -0.4 is 15.0 Å². The molecule has 1 aliphatic rings. The summed E-state index contributed by atoms with van der Waals surface area (Å²) in [7, 11) is 0. The highest BCUT2D eigenvalue weighted by Gasteiger charge is 2.26. The quantitative estimate of drug-likeness (QED) is 0.815. The van der Waals surface area contributed by atoms with E-state index in [4.69, 9.17) is 0 Å². The fraction of sp³-hybridized carbons (Fsp3) is 0.350. The van der Waals surface area contributed by atoms with Gasteiger partial charge in [-0.05, 0) is 43.3 Å². The number of rotatable bonds is 6. The van der Waals surface area contributed by atoms with Crippen molar-refractivity contribution in [1.29, 1.82) is 0 Å². The molecular weight excluding hydrogens is 371 g/mol. The molecule has 1 amide bonds. The molecule has 2 aromatic carbocycles. The van der Waals surface area contributed by atoms with E-state index in [1.165, 1.54) is 24.3 Å². The maximum Gasteiger partial charge on any atom is 0.387 e. The Morgan fingerprint density at radius 2 is 1.68 bits per heavy atom. The zero-order valence-corrected chi connectivity index (χ0v) is 15.4. The van der Waals surface area contributed by atoms with Gasteiger partial charge in [0.1, 0.15) is 11.6 Å². The van der Waals surface area contributed by atoms with Gasteiger partial charge >= 0.3 is 6.61 Å². The van der Waals surface area contributed by atoms with Gasteiger partial charge in [0, 0.05) is 31.9 Å². The Morgan fingerprint density at radius 3 is 2.32 bits per heavy atom. The fourth-order valence-electron chi connectivity index (χ4n) is 3.19. The van der Waals surface area contributed by atoms with E-state index in [2.05, 4.69) is 15.0 Å². The van der Waals surface area contributed by atoms with E-state index in [1.807, 2.05) is 4.90 Å². The Balaban J connectivity index is 1.57. The van der Waals surface area contributed by atoms with Crippen LogP contribution in [0.15, 0.2) is 48.5 Å². The van der Waals surface area contributed by atoms with Crippen LogP contribution in [0.3, 0.4) is 0 Å². The van der Waals surface area contributed by atoms with Crippen LogP contribution in [0.5, 0.6) is 5.75 Å². The van der Waals surface area contributed by atoms with E-state index in [0.29, 0.717) is 26.2 Å². The van der Waals surface area contributed by atoms with Crippen LogP contribution >= 0.6 is 0 Å². The van der Waals surface area contributed by atoms with Gasteiger partial charge in [0.05, 0.1) is 11.7 Å². The van der Waals surface area contributed by atoms with Gasteiger partial charge in [-0.2, -0.15) is 8.78 Å². The minimum atomic E-state index is -2.96. The average molecular weight is 393 g/mol. The molecule has 0 bridgehead atoms. The molecule has 1 aliphatic heterocycles. The van der Waals surface area contributed by atoms with Crippen molar-refractivity contribution in [3.63, 3.8) is 0 Å². The molecule has 0 unspecified atom stereocenters. The maximum atomic E-state index is 13.1. The number of amides is 1. The molecule has 0 aromatic heterocycles. The van der Waals surface area contributed by atoms with Gasteiger partial charge in [-0.3, -0.25) is 9.69 Å². The number of nitrogens with one attached hydrogen (secondary N) is 1. The van der Waals surface area contributed by atoms with Crippen molar-refractivity contribution in [3.05, 3.63) is 54.3 Å². The summed E-state index contributed by atoms with van der Waals surface area (Å²) in [6.07, 6.45) is 0. The first-order valence-corrected chi connectivity index (χ1v) is 9.03. The molecule has 0 aliphatic carbocycles. The molecule has 1 heterocycles. The van der Waals surface area contributed by atoms with Crippen molar-refractivity contribution in [2.75, 3.05) is 36.4 Å². The first-order valence-electron chi connectivity index (χ1n) is 9.03. The second-order valence-electron chi connectivity index (χ2n) is 6.54. The van der Waals surface area contributed by atoms with Crippen molar-refractivity contribution in [2.24, 2.45) is 0 Å². The number of benzene rings is 2. The van der Waals surface area contributed by atoms with Gasteiger partial charge in [0.15, 0.2) is 0 Å². The van der Waals surface area contributed by atoms with E-state index >= 15 is 0 Å². The lowest BCUT2D eigenvalue weighted by atomic mass is 10.2. The van der Waals surface area contributed by atoms with Crippen molar-refractivity contribution in [3.8, 4) is 5.75 Å². The number of halogens is 3. The Morgan fingerprint density at radius 1 is 1.04 bits per heavy atom. The largest absolute Gasteiger partial charge is 0.433 e. The van der Waals surface area contributed by atoms with Crippen LogP contribution in [0.2, 0.25) is 0 Å². The molecule has 0 saturated carbocycles. The van der Waals surface area contributed by atoms with E-state index in [-0.39, 0.29) is 23.2 Å². The minimum absolute atomic E-state index is 0.0702. The Kier molecular flexibility index (Phi) is 6.41. The maximum absolute atomic E-state index is 13.1. The summed E-state index contributed by atoms with van der Waals surface area (Å²) in [5.41, 5.74) is 1.15. The molecule has 3 rings (SSSR count). The third-order valence-electron chi connectivity index (χ3n) is 4.79. The molecule has 0 radical (unpaired) electrons.